The molecule has 2 atom stereocenters. The van der Waals surface area contributed by atoms with Crippen LogP contribution in [0.5, 0.6) is 0 Å². The van der Waals surface area contributed by atoms with Crippen molar-refractivity contribution in [2.45, 2.75) is 38.3 Å². The Balaban J connectivity index is 1.64. The largest absolute Gasteiger partial charge is 0.393 e. The second-order valence-corrected chi connectivity index (χ2v) is 7.52. The van der Waals surface area contributed by atoms with Crippen molar-refractivity contribution in [3.63, 3.8) is 0 Å². The van der Waals surface area contributed by atoms with Crippen LogP contribution in [0.3, 0.4) is 0 Å². The average molecular weight is 347 g/mol. The number of anilines is 3. The minimum Gasteiger partial charge on any atom is -0.393 e. The summed E-state index contributed by atoms with van der Waals surface area (Å²) in [5.41, 5.74) is 1.90. The number of aliphatic hydroxyl groups excluding tert-OH is 1. The summed E-state index contributed by atoms with van der Waals surface area (Å²) in [6, 6.07) is 4.25. The number of fused-ring (bicyclic) bond motifs is 1. The molecule has 0 saturated heterocycles. The molecule has 3 N–H and O–H groups in total. The van der Waals surface area contributed by atoms with Crippen LogP contribution in [-0.2, 0) is 0 Å². The number of aryl methyl sites for hydroxylation is 1. The summed E-state index contributed by atoms with van der Waals surface area (Å²) in [6.07, 6.45) is 2.38. The van der Waals surface area contributed by atoms with Gasteiger partial charge in [-0.05, 0) is 55.2 Å². The zero-order chi connectivity index (χ0) is 15.8. The van der Waals surface area contributed by atoms with Crippen LogP contribution in [0.1, 0.15) is 25.0 Å². The third-order valence-electron chi connectivity index (χ3n) is 3.91. The smallest absolute Gasteiger partial charge is 0.230 e. The highest BCUT2D eigenvalue weighted by Crippen LogP contribution is 2.31. The molecule has 0 amide bonds. The molecule has 0 aliphatic heterocycles. The highest BCUT2D eigenvalue weighted by atomic mass is 32.1. The highest BCUT2D eigenvalue weighted by Gasteiger charge is 2.24. The topological polar surface area (TPSA) is 83.0 Å². The normalized spacial score (nSPS) is 21.0. The average Bonchev–Trinajstić information content (AvgIpc) is 3.22. The Labute approximate surface area is 141 Å². The number of nitrogens with one attached hydrogen (secondary N) is 2. The number of hydrogen-bond acceptors (Lipinski definition) is 8. The molecule has 3 aromatic rings. The summed E-state index contributed by atoms with van der Waals surface area (Å²) in [4.78, 5) is 9.21. The van der Waals surface area contributed by atoms with Crippen molar-refractivity contribution in [2.24, 2.45) is 0 Å². The number of hydrogen-bond donors (Lipinski definition) is 3. The second-order valence-electron chi connectivity index (χ2n) is 5.80. The lowest BCUT2D eigenvalue weighted by atomic mass is 10.2. The lowest BCUT2D eigenvalue weighted by Crippen LogP contribution is -2.18. The number of aromatic nitrogens is 3. The van der Waals surface area contributed by atoms with Gasteiger partial charge >= 0.3 is 0 Å². The molecule has 4 rings (SSSR count). The summed E-state index contributed by atoms with van der Waals surface area (Å²) >= 11 is 3.03. The van der Waals surface area contributed by atoms with Gasteiger partial charge in [0.2, 0.25) is 5.95 Å². The molecule has 0 radical (unpaired) electrons. The van der Waals surface area contributed by atoms with E-state index in [1.165, 1.54) is 11.5 Å². The molecule has 3 heterocycles. The lowest BCUT2D eigenvalue weighted by molar-refractivity contribution is 0.182. The highest BCUT2D eigenvalue weighted by molar-refractivity contribution is 7.17. The van der Waals surface area contributed by atoms with Crippen molar-refractivity contribution in [2.75, 3.05) is 10.6 Å². The Morgan fingerprint density at radius 3 is 2.96 bits per heavy atom. The van der Waals surface area contributed by atoms with E-state index in [4.69, 9.17) is 0 Å². The monoisotopic (exact) mass is 347 g/mol. The molecule has 8 heteroatoms. The first-order valence-corrected chi connectivity index (χ1v) is 9.23. The van der Waals surface area contributed by atoms with Crippen molar-refractivity contribution < 1.29 is 5.11 Å². The van der Waals surface area contributed by atoms with Gasteiger partial charge in [0, 0.05) is 6.04 Å². The second kappa shape index (κ2) is 6.03. The Kier molecular flexibility index (Phi) is 3.88. The zero-order valence-electron chi connectivity index (χ0n) is 12.6. The van der Waals surface area contributed by atoms with E-state index in [1.54, 1.807) is 11.3 Å². The van der Waals surface area contributed by atoms with E-state index < -0.39 is 0 Å². The molecule has 1 aliphatic rings. The molecule has 1 aliphatic carbocycles. The van der Waals surface area contributed by atoms with Gasteiger partial charge in [-0.2, -0.15) is 9.36 Å². The van der Waals surface area contributed by atoms with Gasteiger partial charge in [0.15, 0.2) is 0 Å². The molecule has 1 saturated carbocycles. The Bertz CT molecular complexity index is 830. The summed E-state index contributed by atoms with van der Waals surface area (Å²) in [5.74, 6) is 1.41. The van der Waals surface area contributed by atoms with Crippen LogP contribution in [0, 0.1) is 6.92 Å². The molecule has 0 spiro atoms. The molecular formula is C15H17N5OS2. The van der Waals surface area contributed by atoms with Gasteiger partial charge in [-0.1, -0.05) is 0 Å². The minimum atomic E-state index is -0.203. The number of aliphatic hydroxyl groups is 1. The Hall–Kier alpha value is -1.77. The minimum absolute atomic E-state index is 0.203. The Morgan fingerprint density at radius 1 is 1.30 bits per heavy atom. The maximum atomic E-state index is 9.71. The van der Waals surface area contributed by atoms with Gasteiger partial charge < -0.3 is 15.7 Å². The van der Waals surface area contributed by atoms with Crippen LogP contribution < -0.4 is 10.6 Å². The fourth-order valence-electron chi connectivity index (χ4n) is 2.83. The molecule has 1 fully saturated rings. The van der Waals surface area contributed by atoms with Crippen molar-refractivity contribution in [1.82, 2.24) is 14.3 Å². The first-order chi connectivity index (χ1) is 11.2. The molecule has 2 unspecified atom stereocenters. The molecule has 3 aromatic heterocycles. The quantitative estimate of drug-likeness (QED) is 0.670. The van der Waals surface area contributed by atoms with E-state index in [-0.39, 0.29) is 12.1 Å². The maximum Gasteiger partial charge on any atom is 0.230 e. The third kappa shape index (κ3) is 3.15. The molecule has 120 valence electrons. The fourth-order valence-corrected chi connectivity index (χ4v) is 4.27. The summed E-state index contributed by atoms with van der Waals surface area (Å²) in [7, 11) is 0. The molecule has 23 heavy (non-hydrogen) atoms. The van der Waals surface area contributed by atoms with E-state index in [1.807, 2.05) is 24.4 Å². The SMILES string of the molecule is Cc1cc(Nc2nc(NC3CCC(O)C3)c3sccc3n2)sn1. The van der Waals surface area contributed by atoms with E-state index in [2.05, 4.69) is 25.0 Å². The molecule has 6 nitrogen and oxygen atoms in total. The van der Waals surface area contributed by atoms with Crippen LogP contribution in [0.15, 0.2) is 17.5 Å². The summed E-state index contributed by atoms with van der Waals surface area (Å²) < 4.78 is 5.31. The van der Waals surface area contributed by atoms with E-state index >= 15 is 0 Å². The zero-order valence-corrected chi connectivity index (χ0v) is 14.2. The lowest BCUT2D eigenvalue weighted by Gasteiger charge is -2.14. The van der Waals surface area contributed by atoms with Crippen LogP contribution in [0.25, 0.3) is 10.2 Å². The maximum absolute atomic E-state index is 9.71. The Morgan fingerprint density at radius 2 is 2.22 bits per heavy atom. The van der Waals surface area contributed by atoms with E-state index in [9.17, 15) is 5.11 Å². The van der Waals surface area contributed by atoms with Crippen LogP contribution >= 0.6 is 22.9 Å². The predicted octanol–water partition coefficient (Wildman–Crippen LogP) is 3.53. The van der Waals surface area contributed by atoms with E-state index in [0.29, 0.717) is 5.95 Å². The first-order valence-electron chi connectivity index (χ1n) is 7.57. The number of nitrogens with zero attached hydrogens (tertiary/aromatic N) is 3. The van der Waals surface area contributed by atoms with Crippen LogP contribution in [0.4, 0.5) is 16.8 Å². The van der Waals surface area contributed by atoms with Gasteiger partial charge in [-0.3, -0.25) is 0 Å². The fraction of sp³-hybridized carbons (Fsp3) is 0.400. The van der Waals surface area contributed by atoms with Gasteiger partial charge in [-0.15, -0.1) is 11.3 Å². The molecule has 0 bridgehead atoms. The first kappa shape index (κ1) is 14.8. The van der Waals surface area contributed by atoms with E-state index in [0.717, 1.165) is 46.0 Å². The van der Waals surface area contributed by atoms with Crippen molar-refractivity contribution >= 4 is 49.9 Å². The molecule has 0 aromatic carbocycles. The van der Waals surface area contributed by atoms with Gasteiger partial charge in [0.1, 0.15) is 10.8 Å². The predicted molar refractivity (Wildman–Crippen MR) is 94.8 cm³/mol. The van der Waals surface area contributed by atoms with Crippen molar-refractivity contribution in [1.29, 1.82) is 0 Å². The van der Waals surface area contributed by atoms with Crippen molar-refractivity contribution in [3.05, 3.63) is 23.2 Å². The number of rotatable bonds is 4. The third-order valence-corrected chi connectivity index (χ3v) is 5.62. The van der Waals surface area contributed by atoms with Gasteiger partial charge in [-0.25, -0.2) is 4.98 Å². The van der Waals surface area contributed by atoms with Crippen molar-refractivity contribution in [3.8, 4) is 0 Å². The summed E-state index contributed by atoms with van der Waals surface area (Å²) in [5, 5.41) is 19.4. The van der Waals surface area contributed by atoms with Crippen LogP contribution in [0.2, 0.25) is 0 Å². The number of thiophene rings is 1. The molecular weight excluding hydrogens is 330 g/mol. The standard InChI is InChI=1S/C15H17N5OS2/c1-8-6-12(23-20-8)18-15-17-11-4-5-22-13(11)14(19-15)16-9-2-3-10(21)7-9/h4-6,9-10,21H,2-3,7H2,1H3,(H2,16,17,18,19). The van der Waals surface area contributed by atoms with Gasteiger partial charge in [0.05, 0.1) is 22.0 Å². The van der Waals surface area contributed by atoms with Crippen LogP contribution in [-0.4, -0.2) is 31.6 Å². The van der Waals surface area contributed by atoms with Gasteiger partial charge in [0.25, 0.3) is 0 Å². The summed E-state index contributed by atoms with van der Waals surface area (Å²) in [6.45, 7) is 1.96.